The van der Waals surface area contributed by atoms with Gasteiger partial charge in [-0.05, 0) is 42.3 Å². The molecule has 1 aromatic heterocycles. The lowest BCUT2D eigenvalue weighted by Gasteiger charge is -2.11. The number of fused-ring (bicyclic) bond motifs is 1. The molecule has 0 bridgehead atoms. The molecule has 3 rings (SSSR count). The van der Waals surface area contributed by atoms with Gasteiger partial charge >= 0.3 is 0 Å². The Hall–Kier alpha value is -0.900. The fourth-order valence-electron chi connectivity index (χ4n) is 2.26. The first-order valence-electron chi connectivity index (χ1n) is 6.38. The van der Waals surface area contributed by atoms with Gasteiger partial charge in [-0.2, -0.15) is 0 Å². The standard InChI is InChI=1S/C16H13BrClNS/c1-10-8-11(17)6-7-12(10)13(18)9-16-19-14-4-2-3-5-15(14)20-16/h2-8,13H,9H2,1H3. The van der Waals surface area contributed by atoms with E-state index in [0.29, 0.717) is 0 Å². The summed E-state index contributed by atoms with van der Waals surface area (Å²) in [5.41, 5.74) is 3.44. The number of aryl methyl sites for hydroxylation is 1. The molecule has 4 heteroatoms. The van der Waals surface area contributed by atoms with Crippen molar-refractivity contribution in [2.45, 2.75) is 18.7 Å². The van der Waals surface area contributed by atoms with Crippen LogP contribution < -0.4 is 0 Å². The van der Waals surface area contributed by atoms with E-state index in [9.17, 15) is 0 Å². The summed E-state index contributed by atoms with van der Waals surface area (Å²) in [5, 5.41) is 1.05. The number of hydrogen-bond acceptors (Lipinski definition) is 2. The van der Waals surface area contributed by atoms with E-state index in [2.05, 4.69) is 46.0 Å². The van der Waals surface area contributed by atoms with Gasteiger partial charge in [0.1, 0.15) is 0 Å². The quantitative estimate of drug-likeness (QED) is 0.527. The number of hydrogen-bond donors (Lipinski definition) is 0. The second-order valence-electron chi connectivity index (χ2n) is 4.75. The Morgan fingerprint density at radius 2 is 2.05 bits per heavy atom. The smallest absolute Gasteiger partial charge is 0.0956 e. The predicted octanol–water partition coefficient (Wildman–Crippen LogP) is 5.89. The number of benzene rings is 2. The normalized spacial score (nSPS) is 12.8. The number of thiazole rings is 1. The summed E-state index contributed by atoms with van der Waals surface area (Å²) >= 11 is 11.8. The Labute approximate surface area is 135 Å². The van der Waals surface area contributed by atoms with Crippen LogP contribution in [-0.4, -0.2) is 4.98 Å². The van der Waals surface area contributed by atoms with Crippen molar-refractivity contribution in [3.8, 4) is 0 Å². The molecule has 0 aliphatic heterocycles. The summed E-state index contributed by atoms with van der Waals surface area (Å²) < 4.78 is 2.31. The zero-order valence-electron chi connectivity index (χ0n) is 10.9. The van der Waals surface area contributed by atoms with Gasteiger partial charge in [0, 0.05) is 10.9 Å². The van der Waals surface area contributed by atoms with Crippen LogP contribution in [0.1, 0.15) is 21.5 Å². The zero-order chi connectivity index (χ0) is 14.1. The summed E-state index contributed by atoms with van der Waals surface area (Å²) in [6.07, 6.45) is 0.767. The molecule has 0 spiro atoms. The van der Waals surface area contributed by atoms with Crippen LogP contribution in [0.2, 0.25) is 0 Å². The number of para-hydroxylation sites is 1. The summed E-state index contributed by atoms with van der Waals surface area (Å²) in [6, 6.07) is 14.4. The molecule has 0 N–H and O–H groups in total. The molecule has 1 heterocycles. The molecule has 0 amide bonds. The molecule has 20 heavy (non-hydrogen) atoms. The molecule has 0 aliphatic rings. The van der Waals surface area contributed by atoms with Gasteiger partial charge in [-0.25, -0.2) is 4.98 Å². The Balaban J connectivity index is 1.86. The molecule has 2 aromatic carbocycles. The van der Waals surface area contributed by atoms with Crippen molar-refractivity contribution in [2.75, 3.05) is 0 Å². The average molecular weight is 367 g/mol. The maximum absolute atomic E-state index is 6.58. The van der Waals surface area contributed by atoms with Gasteiger partial charge in [0.25, 0.3) is 0 Å². The van der Waals surface area contributed by atoms with Crippen molar-refractivity contribution in [2.24, 2.45) is 0 Å². The van der Waals surface area contributed by atoms with E-state index >= 15 is 0 Å². The first-order chi connectivity index (χ1) is 9.63. The minimum absolute atomic E-state index is 0.0383. The maximum Gasteiger partial charge on any atom is 0.0956 e. The third-order valence-corrected chi connectivity index (χ3v) is 5.20. The second kappa shape index (κ2) is 5.84. The molecule has 1 unspecified atom stereocenters. The van der Waals surface area contributed by atoms with E-state index in [1.807, 2.05) is 24.3 Å². The number of halogens is 2. The van der Waals surface area contributed by atoms with Crippen LogP contribution in [0.3, 0.4) is 0 Å². The Morgan fingerprint density at radius 3 is 2.80 bits per heavy atom. The maximum atomic E-state index is 6.58. The molecule has 102 valence electrons. The molecule has 3 aromatic rings. The van der Waals surface area contributed by atoms with Crippen LogP contribution in [0.15, 0.2) is 46.9 Å². The molecular weight excluding hydrogens is 354 g/mol. The SMILES string of the molecule is Cc1cc(Br)ccc1C(Cl)Cc1nc2ccccc2s1. The minimum atomic E-state index is -0.0383. The van der Waals surface area contributed by atoms with Crippen LogP contribution in [0.5, 0.6) is 0 Å². The molecule has 0 saturated carbocycles. The largest absolute Gasteiger partial charge is 0.241 e. The highest BCUT2D eigenvalue weighted by molar-refractivity contribution is 9.10. The Bertz CT molecular complexity index is 720. The van der Waals surface area contributed by atoms with Crippen molar-refractivity contribution in [1.29, 1.82) is 0 Å². The van der Waals surface area contributed by atoms with Crippen LogP contribution >= 0.6 is 38.9 Å². The van der Waals surface area contributed by atoms with E-state index in [-0.39, 0.29) is 5.38 Å². The first-order valence-corrected chi connectivity index (χ1v) is 8.42. The summed E-state index contributed by atoms with van der Waals surface area (Å²) in [7, 11) is 0. The molecule has 0 saturated heterocycles. The molecule has 0 fully saturated rings. The van der Waals surface area contributed by atoms with Gasteiger partial charge in [-0.1, -0.05) is 34.1 Å². The van der Waals surface area contributed by atoms with Crippen LogP contribution in [0.4, 0.5) is 0 Å². The van der Waals surface area contributed by atoms with E-state index in [1.165, 1.54) is 15.8 Å². The second-order valence-corrected chi connectivity index (χ2v) is 7.31. The van der Waals surface area contributed by atoms with Gasteiger partial charge in [-0.15, -0.1) is 22.9 Å². The van der Waals surface area contributed by atoms with Gasteiger partial charge in [0.2, 0.25) is 0 Å². The fourth-order valence-corrected chi connectivity index (χ4v) is 4.23. The lowest BCUT2D eigenvalue weighted by atomic mass is 10.0. The van der Waals surface area contributed by atoms with Crippen LogP contribution in [-0.2, 0) is 6.42 Å². The highest BCUT2D eigenvalue weighted by Gasteiger charge is 2.14. The third kappa shape index (κ3) is 2.90. The zero-order valence-corrected chi connectivity index (χ0v) is 14.1. The molecule has 0 aliphatic carbocycles. The predicted molar refractivity (Wildman–Crippen MR) is 90.8 cm³/mol. The lowest BCUT2D eigenvalue weighted by Crippen LogP contribution is -1.98. The number of alkyl halides is 1. The van der Waals surface area contributed by atoms with Crippen molar-refractivity contribution in [1.82, 2.24) is 4.98 Å². The average Bonchev–Trinajstić information content (AvgIpc) is 2.80. The summed E-state index contributed by atoms with van der Waals surface area (Å²) in [5.74, 6) is 0. The monoisotopic (exact) mass is 365 g/mol. The highest BCUT2D eigenvalue weighted by Crippen LogP contribution is 2.32. The number of aromatic nitrogens is 1. The van der Waals surface area contributed by atoms with E-state index in [4.69, 9.17) is 11.6 Å². The van der Waals surface area contributed by atoms with Crippen molar-refractivity contribution >= 4 is 49.1 Å². The molecule has 1 atom stereocenters. The number of rotatable bonds is 3. The first kappa shape index (κ1) is 14.1. The molecule has 0 radical (unpaired) electrons. The van der Waals surface area contributed by atoms with E-state index in [1.54, 1.807) is 11.3 Å². The lowest BCUT2D eigenvalue weighted by molar-refractivity contribution is 0.901. The number of nitrogens with zero attached hydrogens (tertiary/aromatic N) is 1. The van der Waals surface area contributed by atoms with Gasteiger partial charge in [0.15, 0.2) is 0 Å². The van der Waals surface area contributed by atoms with E-state index in [0.717, 1.165) is 21.4 Å². The Kier molecular flexibility index (Phi) is 4.11. The van der Waals surface area contributed by atoms with Gasteiger partial charge in [0.05, 0.1) is 20.6 Å². The Morgan fingerprint density at radius 1 is 1.25 bits per heavy atom. The van der Waals surface area contributed by atoms with Crippen molar-refractivity contribution in [3.63, 3.8) is 0 Å². The van der Waals surface area contributed by atoms with Gasteiger partial charge in [-0.3, -0.25) is 0 Å². The van der Waals surface area contributed by atoms with Crippen molar-refractivity contribution in [3.05, 3.63) is 63.1 Å². The van der Waals surface area contributed by atoms with Gasteiger partial charge < -0.3 is 0 Å². The van der Waals surface area contributed by atoms with Crippen molar-refractivity contribution < 1.29 is 0 Å². The van der Waals surface area contributed by atoms with Crippen LogP contribution in [0.25, 0.3) is 10.2 Å². The third-order valence-electron chi connectivity index (χ3n) is 3.26. The topological polar surface area (TPSA) is 12.9 Å². The molecular formula is C16H13BrClNS. The highest BCUT2D eigenvalue weighted by atomic mass is 79.9. The summed E-state index contributed by atoms with van der Waals surface area (Å²) in [4.78, 5) is 4.65. The van der Waals surface area contributed by atoms with E-state index < -0.39 is 0 Å². The van der Waals surface area contributed by atoms with Crippen LogP contribution in [0, 0.1) is 6.92 Å². The molecule has 1 nitrogen and oxygen atoms in total. The fraction of sp³-hybridized carbons (Fsp3) is 0.188. The minimum Gasteiger partial charge on any atom is -0.241 e. The summed E-state index contributed by atoms with van der Waals surface area (Å²) in [6.45, 7) is 2.09.